The number of nitrogens with one attached hydrogen (secondary N) is 1. The summed E-state index contributed by atoms with van der Waals surface area (Å²) in [6, 6.07) is 11.2. The summed E-state index contributed by atoms with van der Waals surface area (Å²) in [5.41, 5.74) is 3.50. The van der Waals surface area contributed by atoms with E-state index in [4.69, 9.17) is 14.8 Å². The first-order valence-electron chi connectivity index (χ1n) is 9.29. The molecule has 1 aliphatic heterocycles. The number of hydrogen-bond acceptors (Lipinski definition) is 6. The molecule has 1 aliphatic carbocycles. The second-order valence-corrected chi connectivity index (χ2v) is 6.92. The van der Waals surface area contributed by atoms with Crippen LogP contribution in [-0.4, -0.2) is 32.6 Å². The Bertz CT molecular complexity index is 1090. The zero-order valence-electron chi connectivity index (χ0n) is 15.4. The topological polar surface area (TPSA) is 81.9 Å². The lowest BCUT2D eigenvalue weighted by Gasteiger charge is -2.31. The first kappa shape index (κ1) is 16.7. The van der Waals surface area contributed by atoms with Crippen LogP contribution in [0.4, 0.5) is 5.95 Å². The monoisotopic (exact) mass is 373 g/mol. The average molecular weight is 373 g/mol. The van der Waals surface area contributed by atoms with Gasteiger partial charge in [0.15, 0.2) is 11.6 Å². The second kappa shape index (κ2) is 6.60. The van der Waals surface area contributed by atoms with Crippen LogP contribution in [0, 0.1) is 0 Å². The summed E-state index contributed by atoms with van der Waals surface area (Å²) in [6.45, 7) is 0. The van der Waals surface area contributed by atoms with Gasteiger partial charge in [-0.05, 0) is 36.6 Å². The number of nitrogens with zero attached hydrogens (tertiary/aromatic N) is 4. The molecule has 1 aromatic carbocycles. The third-order valence-corrected chi connectivity index (χ3v) is 5.20. The third kappa shape index (κ3) is 2.67. The molecule has 1 atom stereocenters. The number of pyridine rings is 1. The lowest BCUT2D eigenvalue weighted by Crippen LogP contribution is -2.31. The van der Waals surface area contributed by atoms with Crippen molar-refractivity contribution in [3.05, 3.63) is 65.6 Å². The SMILES string of the molecule is COc1cccc(-c2nc3n(n2)C(c2cccnc2)C2=C(CCCC2=O)N3)c1. The maximum Gasteiger partial charge on any atom is 0.226 e. The number of rotatable bonds is 3. The van der Waals surface area contributed by atoms with Gasteiger partial charge in [-0.25, -0.2) is 4.68 Å². The first-order chi connectivity index (χ1) is 13.7. The van der Waals surface area contributed by atoms with E-state index in [1.54, 1.807) is 24.2 Å². The van der Waals surface area contributed by atoms with E-state index in [2.05, 4.69) is 10.3 Å². The third-order valence-electron chi connectivity index (χ3n) is 5.20. The van der Waals surface area contributed by atoms with Crippen LogP contribution in [-0.2, 0) is 4.79 Å². The lowest BCUT2D eigenvalue weighted by molar-refractivity contribution is -0.116. The lowest BCUT2D eigenvalue weighted by atomic mass is 9.86. The number of carbonyl (C=O) groups is 1. The number of hydrogen-bond donors (Lipinski definition) is 1. The normalized spacial score (nSPS) is 18.3. The van der Waals surface area contributed by atoms with Gasteiger partial charge in [-0.15, -0.1) is 5.10 Å². The molecule has 7 nitrogen and oxygen atoms in total. The van der Waals surface area contributed by atoms with Crippen LogP contribution >= 0.6 is 0 Å². The van der Waals surface area contributed by atoms with Crippen LogP contribution in [0.5, 0.6) is 5.75 Å². The molecular formula is C21H19N5O2. The highest BCUT2D eigenvalue weighted by atomic mass is 16.5. The Morgan fingerprint density at radius 2 is 2.14 bits per heavy atom. The molecule has 1 N–H and O–H groups in total. The predicted molar refractivity (Wildman–Crippen MR) is 104 cm³/mol. The van der Waals surface area contributed by atoms with Crippen LogP contribution in [0.15, 0.2) is 60.1 Å². The molecule has 0 amide bonds. The molecule has 0 radical (unpaired) electrons. The Morgan fingerprint density at radius 3 is 2.96 bits per heavy atom. The molecule has 0 fully saturated rings. The number of ether oxygens (including phenoxy) is 1. The van der Waals surface area contributed by atoms with Gasteiger partial charge < -0.3 is 10.1 Å². The van der Waals surface area contributed by atoms with E-state index < -0.39 is 0 Å². The number of carbonyl (C=O) groups excluding carboxylic acids is 1. The molecule has 5 rings (SSSR count). The summed E-state index contributed by atoms with van der Waals surface area (Å²) in [5.74, 6) is 2.13. The highest BCUT2D eigenvalue weighted by Gasteiger charge is 2.37. The van der Waals surface area contributed by atoms with Gasteiger partial charge >= 0.3 is 0 Å². The summed E-state index contributed by atoms with van der Waals surface area (Å²) < 4.78 is 7.12. The zero-order valence-corrected chi connectivity index (χ0v) is 15.4. The van der Waals surface area contributed by atoms with E-state index in [-0.39, 0.29) is 11.8 Å². The summed E-state index contributed by atoms with van der Waals surface area (Å²) in [7, 11) is 1.63. The maximum atomic E-state index is 12.8. The van der Waals surface area contributed by atoms with E-state index in [0.717, 1.165) is 41.0 Å². The van der Waals surface area contributed by atoms with Crippen LogP contribution in [0.25, 0.3) is 11.4 Å². The fourth-order valence-electron chi connectivity index (χ4n) is 3.89. The maximum absolute atomic E-state index is 12.8. The number of Topliss-reactive ketones (excluding diaryl/α,β-unsaturated/α-hetero) is 1. The molecule has 0 saturated carbocycles. The zero-order chi connectivity index (χ0) is 19.1. The highest BCUT2D eigenvalue weighted by Crippen LogP contribution is 2.40. The van der Waals surface area contributed by atoms with Crippen molar-refractivity contribution in [2.24, 2.45) is 0 Å². The molecule has 28 heavy (non-hydrogen) atoms. The highest BCUT2D eigenvalue weighted by molar-refractivity contribution is 5.99. The Balaban J connectivity index is 1.66. The molecule has 140 valence electrons. The van der Waals surface area contributed by atoms with Crippen molar-refractivity contribution < 1.29 is 9.53 Å². The number of fused-ring (bicyclic) bond motifs is 1. The van der Waals surface area contributed by atoms with Gasteiger partial charge in [-0.2, -0.15) is 4.98 Å². The second-order valence-electron chi connectivity index (χ2n) is 6.92. The quantitative estimate of drug-likeness (QED) is 0.758. The van der Waals surface area contributed by atoms with Gasteiger partial charge in [0.25, 0.3) is 0 Å². The van der Waals surface area contributed by atoms with Crippen molar-refractivity contribution >= 4 is 11.7 Å². The predicted octanol–water partition coefficient (Wildman–Crippen LogP) is 3.37. The minimum Gasteiger partial charge on any atom is -0.497 e. The van der Waals surface area contributed by atoms with Gasteiger partial charge in [0.05, 0.1) is 7.11 Å². The van der Waals surface area contributed by atoms with E-state index in [1.165, 1.54) is 0 Å². The number of anilines is 1. The van der Waals surface area contributed by atoms with Crippen LogP contribution in [0.3, 0.4) is 0 Å². The number of benzene rings is 1. The largest absolute Gasteiger partial charge is 0.497 e. The molecule has 0 spiro atoms. The molecule has 3 heterocycles. The Morgan fingerprint density at radius 1 is 1.21 bits per heavy atom. The number of ketones is 1. The number of allylic oxidation sites excluding steroid dienone is 2. The van der Waals surface area contributed by atoms with Gasteiger partial charge in [0.1, 0.15) is 11.8 Å². The van der Waals surface area contributed by atoms with Crippen LogP contribution in [0.1, 0.15) is 30.9 Å². The van der Waals surface area contributed by atoms with E-state index >= 15 is 0 Å². The van der Waals surface area contributed by atoms with Crippen molar-refractivity contribution in [2.45, 2.75) is 25.3 Å². The Hall–Kier alpha value is -3.48. The number of aromatic nitrogens is 4. The number of methoxy groups -OCH3 is 1. The average Bonchev–Trinajstić information content (AvgIpc) is 3.17. The van der Waals surface area contributed by atoms with E-state index in [9.17, 15) is 4.79 Å². The first-order valence-corrected chi connectivity index (χ1v) is 9.29. The summed E-state index contributed by atoms with van der Waals surface area (Å²) >= 11 is 0. The van der Waals surface area contributed by atoms with Crippen molar-refractivity contribution in [2.75, 3.05) is 12.4 Å². The minimum atomic E-state index is -0.320. The molecular weight excluding hydrogens is 354 g/mol. The summed E-state index contributed by atoms with van der Waals surface area (Å²) in [5, 5.41) is 8.10. The van der Waals surface area contributed by atoms with E-state index in [0.29, 0.717) is 18.2 Å². The van der Waals surface area contributed by atoms with Crippen LogP contribution < -0.4 is 10.1 Å². The van der Waals surface area contributed by atoms with E-state index in [1.807, 2.05) is 36.4 Å². The van der Waals surface area contributed by atoms with Crippen molar-refractivity contribution in [1.82, 2.24) is 19.7 Å². The fourth-order valence-corrected chi connectivity index (χ4v) is 3.89. The summed E-state index contributed by atoms with van der Waals surface area (Å²) in [6.07, 6.45) is 5.76. The molecule has 2 aliphatic rings. The Kier molecular flexibility index (Phi) is 3.93. The standard InChI is InChI=1S/C21H19N5O2/c1-28-15-7-2-5-13(11-15)20-24-21-23-16-8-3-9-17(27)18(16)19(26(21)25-20)14-6-4-10-22-12-14/h2,4-7,10-12,19H,3,8-9H2,1H3,(H,23,24,25). The fraction of sp³-hybridized carbons (Fsp3) is 0.238. The Labute approximate surface area is 162 Å². The van der Waals surface area contributed by atoms with Crippen molar-refractivity contribution in [3.63, 3.8) is 0 Å². The molecule has 2 aromatic heterocycles. The van der Waals surface area contributed by atoms with Crippen molar-refractivity contribution in [3.8, 4) is 17.1 Å². The molecule has 1 unspecified atom stereocenters. The molecule has 0 saturated heterocycles. The smallest absolute Gasteiger partial charge is 0.226 e. The van der Waals surface area contributed by atoms with Crippen molar-refractivity contribution in [1.29, 1.82) is 0 Å². The van der Waals surface area contributed by atoms with Gasteiger partial charge in [-0.3, -0.25) is 9.78 Å². The molecule has 3 aromatic rings. The minimum absolute atomic E-state index is 0.159. The van der Waals surface area contributed by atoms with Crippen LogP contribution in [0.2, 0.25) is 0 Å². The molecule has 0 bridgehead atoms. The molecule has 7 heteroatoms. The summed E-state index contributed by atoms with van der Waals surface area (Å²) in [4.78, 5) is 21.7. The van der Waals surface area contributed by atoms with Gasteiger partial charge in [0, 0.05) is 35.6 Å². The van der Waals surface area contributed by atoms with Gasteiger partial charge in [-0.1, -0.05) is 18.2 Å². The van der Waals surface area contributed by atoms with Gasteiger partial charge in [0.2, 0.25) is 5.95 Å².